The van der Waals surface area contributed by atoms with Crippen LogP contribution in [0.5, 0.6) is 0 Å². The van der Waals surface area contributed by atoms with Crippen molar-refractivity contribution in [2.24, 2.45) is 7.05 Å². The molecule has 1 saturated carbocycles. The Hall–Kier alpha value is -2.22. The molecule has 2 aromatic carbocycles. The summed E-state index contributed by atoms with van der Waals surface area (Å²) in [6, 6.07) is 13.7. The fraction of sp³-hybridized carbons (Fsp3) is 0.391. The highest BCUT2D eigenvalue weighted by molar-refractivity contribution is 5.82. The van der Waals surface area contributed by atoms with Gasteiger partial charge >= 0.3 is 0 Å². The molecule has 1 aliphatic rings. The molecule has 1 aromatic heterocycles. The van der Waals surface area contributed by atoms with Gasteiger partial charge in [0.15, 0.2) is 7.05 Å². The van der Waals surface area contributed by atoms with Crippen molar-refractivity contribution >= 4 is 10.9 Å². The third kappa shape index (κ3) is 2.95. The highest BCUT2D eigenvalue weighted by atomic mass is 15.2. The van der Waals surface area contributed by atoms with E-state index in [1.54, 1.807) is 0 Å². The Labute approximate surface area is 150 Å². The molecular formula is C23H27N2+. The van der Waals surface area contributed by atoms with Crippen LogP contribution in [0.4, 0.5) is 0 Å². The van der Waals surface area contributed by atoms with Gasteiger partial charge in [0.25, 0.3) is 0 Å². The average Bonchev–Trinajstić information content (AvgIpc) is 3.12. The topological polar surface area (TPSA) is 16.8 Å². The fourth-order valence-electron chi connectivity index (χ4n) is 4.31. The molecule has 1 heterocycles. The van der Waals surface area contributed by atoms with Crippen molar-refractivity contribution in [1.82, 2.24) is 5.10 Å². The summed E-state index contributed by atoms with van der Waals surface area (Å²) in [5, 5.41) is 6.10. The fourth-order valence-corrected chi connectivity index (χ4v) is 4.31. The van der Waals surface area contributed by atoms with Gasteiger partial charge in [-0.05, 0) is 74.4 Å². The minimum atomic E-state index is 0.741. The highest BCUT2D eigenvalue weighted by Crippen LogP contribution is 2.35. The molecule has 0 aliphatic heterocycles. The summed E-state index contributed by atoms with van der Waals surface area (Å²) >= 11 is 0. The van der Waals surface area contributed by atoms with Crippen LogP contribution in [0.15, 0.2) is 36.4 Å². The Balaban J connectivity index is 1.88. The zero-order valence-corrected chi connectivity index (χ0v) is 15.8. The molecule has 0 atom stereocenters. The molecule has 0 radical (unpaired) electrons. The Morgan fingerprint density at radius 3 is 2.48 bits per heavy atom. The lowest BCUT2D eigenvalue weighted by atomic mass is 9.94. The first-order valence-corrected chi connectivity index (χ1v) is 9.42. The van der Waals surface area contributed by atoms with E-state index in [-0.39, 0.29) is 0 Å². The Bertz CT molecular complexity index is 950. The lowest BCUT2D eigenvalue weighted by molar-refractivity contribution is -0.718. The van der Waals surface area contributed by atoms with E-state index in [0.717, 1.165) is 11.4 Å². The third-order valence-electron chi connectivity index (χ3n) is 5.86. The van der Waals surface area contributed by atoms with Gasteiger partial charge in [-0.2, -0.15) is 0 Å². The van der Waals surface area contributed by atoms with Crippen LogP contribution < -0.4 is 4.68 Å². The van der Waals surface area contributed by atoms with Gasteiger partial charge in [-0.25, -0.2) is 0 Å². The van der Waals surface area contributed by atoms with Gasteiger partial charge in [0, 0.05) is 16.6 Å². The van der Waals surface area contributed by atoms with E-state index in [0.29, 0.717) is 0 Å². The summed E-state index contributed by atoms with van der Waals surface area (Å²) < 4.78 is 2.03. The van der Waals surface area contributed by atoms with Crippen LogP contribution in [0.2, 0.25) is 0 Å². The van der Waals surface area contributed by atoms with Crippen molar-refractivity contribution in [1.29, 1.82) is 0 Å². The zero-order valence-electron chi connectivity index (χ0n) is 15.8. The first-order valence-electron chi connectivity index (χ1n) is 9.42. The molecule has 2 heteroatoms. The Kier molecular flexibility index (Phi) is 4.07. The van der Waals surface area contributed by atoms with Gasteiger partial charge in [-0.3, -0.25) is 0 Å². The number of nitrogens with zero attached hydrogens (tertiary/aromatic N) is 2. The largest absolute Gasteiger partial charge is 0.239 e. The van der Waals surface area contributed by atoms with Crippen LogP contribution in [-0.4, -0.2) is 5.10 Å². The minimum Gasteiger partial charge on any atom is -0.0858 e. The van der Waals surface area contributed by atoms with Crippen molar-refractivity contribution in [2.45, 2.75) is 52.4 Å². The maximum Gasteiger partial charge on any atom is 0.239 e. The van der Waals surface area contributed by atoms with Crippen LogP contribution in [0.1, 0.15) is 53.9 Å². The Morgan fingerprint density at radius 1 is 0.960 bits per heavy atom. The van der Waals surface area contributed by atoms with E-state index in [4.69, 9.17) is 5.10 Å². The predicted molar refractivity (Wildman–Crippen MR) is 104 cm³/mol. The SMILES string of the molecule is Cc1cc(C)c(C)c(-c2cc3cc(C4CCCC4)ccc3n[n+]2C)c1. The average molecular weight is 331 g/mol. The molecule has 0 N–H and O–H groups in total. The van der Waals surface area contributed by atoms with Crippen molar-refractivity contribution in [2.75, 3.05) is 0 Å². The molecule has 3 aromatic rings. The predicted octanol–water partition coefficient (Wildman–Crippen LogP) is 5.31. The molecule has 0 bridgehead atoms. The van der Waals surface area contributed by atoms with E-state index in [2.05, 4.69) is 64.2 Å². The summed E-state index contributed by atoms with van der Waals surface area (Å²) in [7, 11) is 2.05. The number of fused-ring (bicyclic) bond motifs is 1. The first kappa shape index (κ1) is 16.3. The highest BCUT2D eigenvalue weighted by Gasteiger charge is 2.20. The molecule has 128 valence electrons. The number of aryl methyl sites for hydroxylation is 3. The number of benzene rings is 2. The lowest BCUT2D eigenvalue weighted by Gasteiger charge is -2.11. The van der Waals surface area contributed by atoms with Crippen LogP contribution in [-0.2, 0) is 7.05 Å². The number of aromatic nitrogens is 2. The van der Waals surface area contributed by atoms with Crippen molar-refractivity contribution < 1.29 is 4.68 Å². The molecule has 2 nitrogen and oxygen atoms in total. The molecule has 1 aliphatic carbocycles. The maximum absolute atomic E-state index is 4.84. The quantitative estimate of drug-likeness (QED) is 0.582. The third-order valence-corrected chi connectivity index (χ3v) is 5.86. The van der Waals surface area contributed by atoms with Gasteiger partial charge in [-0.15, -0.1) is 0 Å². The van der Waals surface area contributed by atoms with Gasteiger partial charge < -0.3 is 0 Å². The minimum absolute atomic E-state index is 0.741. The second-order valence-electron chi connectivity index (χ2n) is 7.71. The van der Waals surface area contributed by atoms with E-state index in [1.165, 1.54) is 64.6 Å². The summed E-state index contributed by atoms with van der Waals surface area (Å²) in [6.07, 6.45) is 5.42. The summed E-state index contributed by atoms with van der Waals surface area (Å²) in [5.74, 6) is 0.741. The van der Waals surface area contributed by atoms with E-state index >= 15 is 0 Å². The van der Waals surface area contributed by atoms with E-state index < -0.39 is 0 Å². The second-order valence-corrected chi connectivity index (χ2v) is 7.71. The molecule has 0 saturated heterocycles. The van der Waals surface area contributed by atoms with Crippen LogP contribution in [0, 0.1) is 20.8 Å². The van der Waals surface area contributed by atoms with E-state index in [1.807, 2.05) is 4.68 Å². The second kappa shape index (κ2) is 6.25. The van der Waals surface area contributed by atoms with Crippen molar-refractivity contribution in [3.8, 4) is 11.3 Å². The van der Waals surface area contributed by atoms with Crippen molar-refractivity contribution in [3.63, 3.8) is 0 Å². The molecule has 1 fully saturated rings. The number of hydrogen-bond acceptors (Lipinski definition) is 1. The van der Waals surface area contributed by atoms with Crippen LogP contribution >= 0.6 is 0 Å². The normalized spacial score (nSPS) is 15.2. The smallest absolute Gasteiger partial charge is 0.0858 e. The molecular weight excluding hydrogens is 304 g/mol. The standard InChI is InChI=1S/C23H27N2/c1-15-11-16(2)17(3)21(12-15)23-14-20-13-19(18-7-5-6-8-18)9-10-22(20)24-25(23)4/h9-14,18H,5-8H2,1-4H3/q+1. The molecule has 0 spiro atoms. The summed E-state index contributed by atoms with van der Waals surface area (Å²) in [4.78, 5) is 0. The maximum atomic E-state index is 4.84. The lowest BCUT2D eigenvalue weighted by Crippen LogP contribution is -2.35. The van der Waals surface area contributed by atoms with Gasteiger partial charge in [0.05, 0.1) is 5.56 Å². The summed E-state index contributed by atoms with van der Waals surface area (Å²) in [6.45, 7) is 6.57. The number of rotatable bonds is 2. The van der Waals surface area contributed by atoms with Crippen molar-refractivity contribution in [3.05, 3.63) is 58.7 Å². The molecule has 0 amide bonds. The van der Waals surface area contributed by atoms with Gasteiger partial charge in [0.1, 0.15) is 5.52 Å². The summed E-state index contributed by atoms with van der Waals surface area (Å²) in [5.41, 5.74) is 9.04. The Morgan fingerprint density at radius 2 is 1.72 bits per heavy atom. The first-order chi connectivity index (χ1) is 12.0. The van der Waals surface area contributed by atoms with E-state index in [9.17, 15) is 0 Å². The zero-order chi connectivity index (χ0) is 17.6. The van der Waals surface area contributed by atoms with Crippen LogP contribution in [0.3, 0.4) is 0 Å². The molecule has 4 rings (SSSR count). The molecule has 25 heavy (non-hydrogen) atoms. The molecule has 0 unspecified atom stereocenters. The van der Waals surface area contributed by atoms with Gasteiger partial charge in [0.2, 0.25) is 5.69 Å². The van der Waals surface area contributed by atoms with Gasteiger partial charge in [-0.1, -0.05) is 35.2 Å². The number of hydrogen-bond donors (Lipinski definition) is 0. The van der Waals surface area contributed by atoms with Crippen LogP contribution in [0.25, 0.3) is 22.2 Å². The monoisotopic (exact) mass is 331 g/mol.